The maximum Gasteiger partial charge on any atom is 0.302 e. The van der Waals surface area contributed by atoms with Gasteiger partial charge in [-0.15, -0.1) is 0 Å². The van der Waals surface area contributed by atoms with Crippen LogP contribution in [0.2, 0.25) is 0 Å². The van der Waals surface area contributed by atoms with E-state index in [-0.39, 0.29) is 41.8 Å². The standard InChI is InChI=1S/C40H62O14/c1-18-6-11-40(50-15-18)19(2)30-28(54-40)14-24-22-13-26(42)25-12-21(7-9-38(25,4)23(22)8-10-39(24,30)5)51-37-34(47)32(45)35(29(52-37)17-48-20(3)41)53-36-33(46)31(44)27(43)16-49-36/h18-19,21-25,27-37,43-47H,6-17H2,1-5H3/t18-,19+,21+,22-,23+,24+,25-,27-,28+,29-,30+,31+,32-,33-,34-,35-,36+,37-,38-,39+,40-/m1/s1. The van der Waals surface area contributed by atoms with E-state index in [2.05, 4.69) is 27.7 Å². The molecule has 8 rings (SSSR count). The molecule has 4 saturated carbocycles. The number of esters is 1. The van der Waals surface area contributed by atoms with Crippen LogP contribution < -0.4 is 0 Å². The molecular formula is C40H62O14. The summed E-state index contributed by atoms with van der Waals surface area (Å²) < 4.78 is 42.2. The van der Waals surface area contributed by atoms with Crippen molar-refractivity contribution >= 4 is 11.8 Å². The molecule has 4 heterocycles. The molecule has 8 aliphatic rings. The molecule has 0 unspecified atom stereocenters. The van der Waals surface area contributed by atoms with Crippen LogP contribution in [0, 0.1) is 52.3 Å². The van der Waals surface area contributed by atoms with Crippen LogP contribution in [-0.2, 0) is 42.7 Å². The molecule has 0 aromatic rings. The molecule has 5 N–H and O–H groups in total. The van der Waals surface area contributed by atoms with Crippen molar-refractivity contribution in [2.45, 2.75) is 166 Å². The molecule has 0 radical (unpaired) electrons. The number of carbonyl (C=O) groups excluding carboxylic acids is 2. The topological polar surface area (TPSA) is 200 Å². The Hall–Kier alpha value is -1.30. The number of ketones is 1. The molecule has 0 amide bonds. The number of hydrogen-bond donors (Lipinski definition) is 5. The van der Waals surface area contributed by atoms with Crippen molar-refractivity contribution in [3.05, 3.63) is 0 Å². The van der Waals surface area contributed by atoms with Crippen LogP contribution in [0.4, 0.5) is 0 Å². The highest BCUT2D eigenvalue weighted by atomic mass is 16.7. The molecule has 1 spiro atoms. The summed E-state index contributed by atoms with van der Waals surface area (Å²) in [6, 6.07) is 0. The summed E-state index contributed by atoms with van der Waals surface area (Å²) >= 11 is 0. The fourth-order valence-electron chi connectivity index (χ4n) is 12.9. The van der Waals surface area contributed by atoms with Crippen molar-refractivity contribution in [2.24, 2.45) is 52.3 Å². The summed E-state index contributed by atoms with van der Waals surface area (Å²) in [6.45, 7) is 10.6. The van der Waals surface area contributed by atoms with Gasteiger partial charge in [0.25, 0.3) is 0 Å². The van der Waals surface area contributed by atoms with E-state index in [4.69, 9.17) is 33.2 Å². The smallest absolute Gasteiger partial charge is 0.302 e. The summed E-state index contributed by atoms with van der Waals surface area (Å²) in [5.41, 5.74) is -0.0801. The lowest BCUT2D eigenvalue weighted by Crippen LogP contribution is -2.64. The Bertz CT molecular complexity index is 1400. The van der Waals surface area contributed by atoms with E-state index in [9.17, 15) is 35.1 Å². The Labute approximate surface area is 317 Å². The van der Waals surface area contributed by atoms with Gasteiger partial charge in [-0.05, 0) is 85.4 Å². The number of fused-ring (bicyclic) bond motifs is 7. The number of Topliss-reactive ketones (excluding diaryl/α,β-unsaturated/α-hetero) is 1. The average molecular weight is 767 g/mol. The van der Waals surface area contributed by atoms with Crippen molar-refractivity contribution in [3.8, 4) is 0 Å². The van der Waals surface area contributed by atoms with E-state index in [0.29, 0.717) is 54.8 Å². The SMILES string of the molecule is CC(=O)OC[C@H]1O[C@@H](O[C@H]2CC[C@@]3(C)[C@H](C2)C(=O)C[C@@H]2[C@@H]3CC[C@]3(C)[C@@H]4[C@H](C[C@@H]23)O[C@]2(CC[C@@H](C)CO2)[C@H]4C)[C@H](O)[C@@H](O)[C@@H]1O[C@@H]1OC[C@@H](O)[C@H](O)[C@H]1O. The highest BCUT2D eigenvalue weighted by Gasteiger charge is 2.70. The van der Waals surface area contributed by atoms with Gasteiger partial charge >= 0.3 is 5.97 Å². The molecule has 21 atom stereocenters. The number of aliphatic hydroxyl groups is 5. The fourth-order valence-corrected chi connectivity index (χ4v) is 12.9. The number of ether oxygens (including phenoxy) is 7. The predicted molar refractivity (Wildman–Crippen MR) is 187 cm³/mol. The number of rotatable bonds is 6. The highest BCUT2D eigenvalue weighted by Crippen LogP contribution is 2.71. The molecule has 4 saturated heterocycles. The minimum absolute atomic E-state index is 0.104. The molecule has 14 nitrogen and oxygen atoms in total. The van der Waals surface area contributed by atoms with Crippen LogP contribution in [0.3, 0.4) is 0 Å². The van der Waals surface area contributed by atoms with E-state index in [1.165, 1.54) is 6.92 Å². The Morgan fingerprint density at radius 3 is 2.31 bits per heavy atom. The molecule has 0 aromatic carbocycles. The first kappa shape index (κ1) is 39.5. The van der Waals surface area contributed by atoms with Gasteiger partial charge in [0.05, 0.1) is 25.4 Å². The summed E-state index contributed by atoms with van der Waals surface area (Å²) in [5, 5.41) is 52.9. The van der Waals surface area contributed by atoms with Gasteiger partial charge in [0.15, 0.2) is 18.4 Å². The van der Waals surface area contributed by atoms with Gasteiger partial charge < -0.3 is 58.7 Å². The van der Waals surface area contributed by atoms with Crippen LogP contribution >= 0.6 is 0 Å². The summed E-state index contributed by atoms with van der Waals surface area (Å²) in [6.07, 6.45) is -5.56. The van der Waals surface area contributed by atoms with Crippen LogP contribution in [0.5, 0.6) is 0 Å². The molecule has 8 fully saturated rings. The van der Waals surface area contributed by atoms with Crippen LogP contribution in [-0.4, -0.2) is 130 Å². The second-order valence-electron chi connectivity index (χ2n) is 18.8. The van der Waals surface area contributed by atoms with Gasteiger partial charge in [0, 0.05) is 31.6 Å². The average Bonchev–Trinajstić information content (AvgIpc) is 3.58. The lowest BCUT2D eigenvalue weighted by molar-refractivity contribution is -0.354. The van der Waals surface area contributed by atoms with Crippen molar-refractivity contribution in [1.29, 1.82) is 0 Å². The first-order chi connectivity index (χ1) is 25.6. The molecule has 306 valence electrons. The number of carbonyl (C=O) groups is 2. The number of aliphatic hydroxyl groups excluding tert-OH is 5. The third-order valence-electron chi connectivity index (χ3n) is 15.8. The van der Waals surface area contributed by atoms with Gasteiger partial charge in [-0.1, -0.05) is 27.7 Å². The van der Waals surface area contributed by atoms with Crippen LogP contribution in [0.15, 0.2) is 0 Å². The molecule has 54 heavy (non-hydrogen) atoms. The van der Waals surface area contributed by atoms with Gasteiger partial charge in [-0.2, -0.15) is 0 Å². The second kappa shape index (κ2) is 14.5. The first-order valence-corrected chi connectivity index (χ1v) is 20.5. The molecule has 4 aliphatic heterocycles. The first-order valence-electron chi connectivity index (χ1n) is 20.5. The van der Waals surface area contributed by atoms with Crippen molar-refractivity contribution in [2.75, 3.05) is 19.8 Å². The number of hydrogen-bond acceptors (Lipinski definition) is 14. The third-order valence-corrected chi connectivity index (χ3v) is 15.8. The van der Waals surface area contributed by atoms with E-state index >= 15 is 0 Å². The normalized spacial score (nSPS) is 55.8. The second-order valence-corrected chi connectivity index (χ2v) is 18.8. The van der Waals surface area contributed by atoms with Crippen molar-refractivity contribution in [1.82, 2.24) is 0 Å². The molecule has 0 bridgehead atoms. The quantitative estimate of drug-likeness (QED) is 0.194. The Balaban J connectivity index is 0.930. The Morgan fingerprint density at radius 2 is 1.59 bits per heavy atom. The zero-order valence-corrected chi connectivity index (χ0v) is 32.3. The van der Waals surface area contributed by atoms with Crippen LogP contribution in [0.1, 0.15) is 92.4 Å². The van der Waals surface area contributed by atoms with Crippen molar-refractivity contribution < 1.29 is 68.3 Å². The zero-order chi connectivity index (χ0) is 38.5. The summed E-state index contributed by atoms with van der Waals surface area (Å²) in [7, 11) is 0. The minimum atomic E-state index is -1.65. The lowest BCUT2D eigenvalue weighted by atomic mass is 9.44. The Kier molecular flexibility index (Phi) is 10.6. The van der Waals surface area contributed by atoms with E-state index in [0.717, 1.165) is 45.1 Å². The van der Waals surface area contributed by atoms with E-state index in [1.54, 1.807) is 0 Å². The molecular weight excluding hydrogens is 704 g/mol. The maximum absolute atomic E-state index is 14.3. The summed E-state index contributed by atoms with van der Waals surface area (Å²) in [5.74, 6) is 1.44. The fraction of sp³-hybridized carbons (Fsp3) is 0.950. The van der Waals surface area contributed by atoms with E-state index in [1.807, 2.05) is 0 Å². The minimum Gasteiger partial charge on any atom is -0.463 e. The van der Waals surface area contributed by atoms with Crippen LogP contribution in [0.25, 0.3) is 0 Å². The van der Waals surface area contributed by atoms with Gasteiger partial charge in [-0.3, -0.25) is 9.59 Å². The Morgan fingerprint density at radius 1 is 0.852 bits per heavy atom. The van der Waals surface area contributed by atoms with Gasteiger partial charge in [0.2, 0.25) is 0 Å². The van der Waals surface area contributed by atoms with Gasteiger partial charge in [0.1, 0.15) is 55.1 Å². The third kappa shape index (κ3) is 6.42. The monoisotopic (exact) mass is 766 g/mol. The molecule has 0 aromatic heterocycles. The largest absolute Gasteiger partial charge is 0.463 e. The maximum atomic E-state index is 14.3. The van der Waals surface area contributed by atoms with Crippen molar-refractivity contribution in [3.63, 3.8) is 0 Å². The molecule has 14 heteroatoms. The van der Waals surface area contributed by atoms with E-state index < -0.39 is 73.2 Å². The highest BCUT2D eigenvalue weighted by molar-refractivity contribution is 5.83. The molecule has 4 aliphatic carbocycles. The zero-order valence-electron chi connectivity index (χ0n) is 32.3. The summed E-state index contributed by atoms with van der Waals surface area (Å²) in [4.78, 5) is 26.0. The van der Waals surface area contributed by atoms with Gasteiger partial charge in [-0.25, -0.2) is 0 Å². The predicted octanol–water partition coefficient (Wildman–Crippen LogP) is 1.83. The lowest BCUT2D eigenvalue weighted by Gasteiger charge is -2.60.